The number of benzene rings is 2. The highest BCUT2D eigenvalue weighted by Crippen LogP contribution is 2.49. The van der Waals surface area contributed by atoms with Crippen molar-refractivity contribution in [3.63, 3.8) is 0 Å². The van der Waals surface area contributed by atoms with Crippen LogP contribution in [-0.2, 0) is 6.42 Å². The van der Waals surface area contributed by atoms with E-state index in [0.717, 1.165) is 36.5 Å². The van der Waals surface area contributed by atoms with Gasteiger partial charge in [0, 0.05) is 11.1 Å². The Balaban J connectivity index is 1.14. The zero-order valence-corrected chi connectivity index (χ0v) is 23.6. The molecule has 0 amide bonds. The van der Waals surface area contributed by atoms with Crippen LogP contribution >= 0.6 is 0 Å². The third kappa shape index (κ3) is 6.17. The van der Waals surface area contributed by atoms with Crippen molar-refractivity contribution in [2.75, 3.05) is 6.61 Å². The van der Waals surface area contributed by atoms with Crippen molar-refractivity contribution < 1.29 is 22.3 Å². The van der Waals surface area contributed by atoms with E-state index in [1.54, 1.807) is 6.92 Å². The Morgan fingerprint density at radius 3 is 1.87 bits per heavy atom. The fraction of sp³-hybridized carbons (Fsp3) is 0.647. The first-order valence-corrected chi connectivity index (χ1v) is 15.5. The van der Waals surface area contributed by atoms with Gasteiger partial charge >= 0.3 is 0 Å². The van der Waals surface area contributed by atoms with Gasteiger partial charge in [-0.1, -0.05) is 51.7 Å². The number of aryl methyl sites for hydroxylation is 1. The van der Waals surface area contributed by atoms with E-state index < -0.39 is 23.3 Å². The minimum absolute atomic E-state index is 0.160. The highest BCUT2D eigenvalue weighted by molar-refractivity contribution is 5.66. The van der Waals surface area contributed by atoms with Crippen LogP contribution in [0.2, 0.25) is 0 Å². The smallest absolute Gasteiger partial charge is 0.201 e. The van der Waals surface area contributed by atoms with Crippen LogP contribution in [-0.4, -0.2) is 6.61 Å². The maximum absolute atomic E-state index is 14.9. The monoisotopic (exact) mass is 544 g/mol. The van der Waals surface area contributed by atoms with E-state index in [2.05, 4.69) is 6.92 Å². The van der Waals surface area contributed by atoms with Gasteiger partial charge in [-0.05, 0) is 111 Å². The molecule has 2 aromatic carbocycles. The second-order valence-electron chi connectivity index (χ2n) is 12.6. The minimum atomic E-state index is -1.21. The molecule has 0 radical (unpaired) electrons. The summed E-state index contributed by atoms with van der Waals surface area (Å²) >= 11 is 0. The lowest BCUT2D eigenvalue weighted by molar-refractivity contribution is 0.0478. The normalized spacial score (nSPS) is 29.2. The van der Waals surface area contributed by atoms with Crippen molar-refractivity contribution in [3.8, 4) is 16.9 Å². The van der Waals surface area contributed by atoms with E-state index in [1.807, 2.05) is 0 Å². The summed E-state index contributed by atoms with van der Waals surface area (Å²) in [5.74, 6) is -0.0431. The molecule has 0 aliphatic heterocycles. The maximum Gasteiger partial charge on any atom is 0.201 e. The van der Waals surface area contributed by atoms with Crippen LogP contribution in [0.1, 0.15) is 96.5 Å². The predicted octanol–water partition coefficient (Wildman–Crippen LogP) is 10.3. The second kappa shape index (κ2) is 12.6. The summed E-state index contributed by atoms with van der Waals surface area (Å²) in [6, 6.07) is 5.34. The van der Waals surface area contributed by atoms with Crippen molar-refractivity contribution in [1.29, 1.82) is 0 Å². The van der Waals surface area contributed by atoms with Gasteiger partial charge in [0.2, 0.25) is 5.82 Å². The largest absolute Gasteiger partial charge is 0.490 e. The van der Waals surface area contributed by atoms with E-state index >= 15 is 0 Å². The van der Waals surface area contributed by atoms with E-state index in [4.69, 9.17) is 4.74 Å². The number of ether oxygens (including phenoxy) is 1. The molecule has 3 aliphatic rings. The lowest BCUT2D eigenvalue weighted by Gasteiger charge is -2.45. The topological polar surface area (TPSA) is 9.23 Å². The fourth-order valence-corrected chi connectivity index (χ4v) is 8.09. The van der Waals surface area contributed by atoms with E-state index in [9.17, 15) is 17.6 Å². The summed E-state index contributed by atoms with van der Waals surface area (Å²) in [6.07, 6.45) is 16.1. The molecule has 2 aromatic rings. The third-order valence-electron chi connectivity index (χ3n) is 10.4. The molecular weight excluding hydrogens is 500 g/mol. The molecule has 0 saturated heterocycles. The van der Waals surface area contributed by atoms with Crippen LogP contribution < -0.4 is 4.74 Å². The second-order valence-corrected chi connectivity index (χ2v) is 12.6. The molecule has 3 fully saturated rings. The summed E-state index contributed by atoms with van der Waals surface area (Å²) < 4.78 is 64.4. The Morgan fingerprint density at radius 1 is 0.615 bits per heavy atom. The van der Waals surface area contributed by atoms with Gasteiger partial charge < -0.3 is 4.74 Å². The average Bonchev–Trinajstić information content (AvgIpc) is 2.96. The lowest BCUT2D eigenvalue weighted by atomic mass is 9.61. The van der Waals surface area contributed by atoms with E-state index in [1.165, 1.54) is 88.5 Å². The maximum atomic E-state index is 14.9. The molecular formula is C34H44F4O. The van der Waals surface area contributed by atoms with E-state index in [-0.39, 0.29) is 22.4 Å². The van der Waals surface area contributed by atoms with Crippen molar-refractivity contribution >= 4 is 0 Å². The molecule has 5 rings (SSSR count). The van der Waals surface area contributed by atoms with Crippen molar-refractivity contribution in [2.45, 2.75) is 97.3 Å². The van der Waals surface area contributed by atoms with E-state index in [0.29, 0.717) is 24.9 Å². The molecule has 0 bridgehead atoms. The van der Waals surface area contributed by atoms with Crippen molar-refractivity contribution in [2.24, 2.45) is 35.5 Å². The highest BCUT2D eigenvalue weighted by atomic mass is 19.2. The Bertz CT molecular complexity index is 1120. The molecule has 1 nitrogen and oxygen atoms in total. The van der Waals surface area contributed by atoms with Crippen LogP contribution in [0.5, 0.6) is 5.75 Å². The summed E-state index contributed by atoms with van der Waals surface area (Å²) in [6.45, 7) is 4.37. The van der Waals surface area contributed by atoms with Gasteiger partial charge in [0.15, 0.2) is 23.2 Å². The van der Waals surface area contributed by atoms with Gasteiger partial charge in [-0.2, -0.15) is 4.39 Å². The Labute approximate surface area is 231 Å². The SMILES string of the molecule is CCCC1CCC(C2CCC3CC(COc4ccc(-c5ccc(CC)c(F)c5F)c(F)c4F)CCC3C2)CC1. The number of halogens is 4. The predicted molar refractivity (Wildman–Crippen MR) is 149 cm³/mol. The summed E-state index contributed by atoms with van der Waals surface area (Å²) in [5.41, 5.74) is -0.375. The average molecular weight is 545 g/mol. The molecule has 3 aliphatic carbocycles. The molecule has 214 valence electrons. The lowest BCUT2D eigenvalue weighted by Crippen LogP contribution is -2.35. The number of hydrogen-bond acceptors (Lipinski definition) is 1. The zero-order chi connectivity index (χ0) is 27.5. The molecule has 4 atom stereocenters. The molecule has 3 saturated carbocycles. The number of rotatable bonds is 8. The first-order valence-electron chi connectivity index (χ1n) is 15.5. The van der Waals surface area contributed by atoms with Gasteiger partial charge in [0.25, 0.3) is 0 Å². The summed E-state index contributed by atoms with van der Waals surface area (Å²) in [7, 11) is 0. The Hall–Kier alpha value is -2.04. The zero-order valence-electron chi connectivity index (χ0n) is 23.6. The molecule has 0 heterocycles. The van der Waals surface area contributed by atoms with Crippen LogP contribution in [0.3, 0.4) is 0 Å². The van der Waals surface area contributed by atoms with Crippen LogP contribution in [0.15, 0.2) is 24.3 Å². The molecule has 5 heteroatoms. The summed E-state index contributed by atoms with van der Waals surface area (Å²) in [4.78, 5) is 0. The third-order valence-corrected chi connectivity index (χ3v) is 10.4. The Kier molecular flexibility index (Phi) is 9.23. The minimum Gasteiger partial charge on any atom is -0.490 e. The quantitative estimate of drug-likeness (QED) is 0.300. The first-order chi connectivity index (χ1) is 18.9. The molecule has 39 heavy (non-hydrogen) atoms. The number of fused-ring (bicyclic) bond motifs is 1. The molecule has 0 spiro atoms. The van der Waals surface area contributed by atoms with Gasteiger partial charge in [0.05, 0.1) is 6.61 Å². The van der Waals surface area contributed by atoms with Crippen molar-refractivity contribution in [1.82, 2.24) is 0 Å². The van der Waals surface area contributed by atoms with Gasteiger partial charge in [-0.25, -0.2) is 13.2 Å². The van der Waals surface area contributed by atoms with Gasteiger partial charge in [-0.3, -0.25) is 0 Å². The molecule has 0 N–H and O–H groups in total. The molecule has 0 aromatic heterocycles. The summed E-state index contributed by atoms with van der Waals surface area (Å²) in [5, 5.41) is 0. The first kappa shape index (κ1) is 28.5. The van der Waals surface area contributed by atoms with Crippen LogP contribution in [0.4, 0.5) is 17.6 Å². The van der Waals surface area contributed by atoms with Gasteiger partial charge in [-0.15, -0.1) is 0 Å². The van der Waals surface area contributed by atoms with Crippen LogP contribution in [0.25, 0.3) is 11.1 Å². The molecule has 4 unspecified atom stereocenters. The Morgan fingerprint density at radius 2 is 1.18 bits per heavy atom. The fourth-order valence-electron chi connectivity index (χ4n) is 8.09. The number of hydrogen-bond donors (Lipinski definition) is 0. The standard InChI is InChI=1S/C34H44F4O/c1-3-5-21-6-9-24(10-7-21)26-13-12-25-18-22(8-11-27(25)19-26)20-39-30-17-16-29(33(37)34(30)38)28-15-14-23(4-2)31(35)32(28)36/h14-17,21-22,24-27H,3-13,18-20H2,1-2H3. The highest BCUT2D eigenvalue weighted by Gasteiger charge is 2.39. The van der Waals surface area contributed by atoms with Crippen LogP contribution in [0, 0.1) is 58.8 Å². The van der Waals surface area contributed by atoms with Crippen molar-refractivity contribution in [3.05, 3.63) is 53.1 Å². The van der Waals surface area contributed by atoms with Gasteiger partial charge in [0.1, 0.15) is 0 Å².